The molecule has 28 heavy (non-hydrogen) atoms. The van der Waals surface area contributed by atoms with Gasteiger partial charge in [0.25, 0.3) is 0 Å². The van der Waals surface area contributed by atoms with Gasteiger partial charge >= 0.3 is 0 Å². The van der Waals surface area contributed by atoms with Crippen LogP contribution in [0.5, 0.6) is 0 Å². The number of nitrogens with zero attached hydrogens (tertiary/aromatic N) is 3. The van der Waals surface area contributed by atoms with Crippen molar-refractivity contribution in [2.24, 2.45) is 0 Å². The van der Waals surface area contributed by atoms with Crippen molar-refractivity contribution in [3.63, 3.8) is 0 Å². The van der Waals surface area contributed by atoms with E-state index < -0.39 is 11.6 Å². The highest BCUT2D eigenvalue weighted by molar-refractivity contribution is 5.93. The van der Waals surface area contributed by atoms with Crippen LogP contribution in [-0.4, -0.2) is 14.5 Å². The minimum absolute atomic E-state index is 0.126. The Labute approximate surface area is 159 Å². The zero-order valence-corrected chi connectivity index (χ0v) is 15.0. The van der Waals surface area contributed by atoms with Crippen molar-refractivity contribution < 1.29 is 8.78 Å². The normalized spacial score (nSPS) is 11.4. The van der Waals surface area contributed by atoms with Crippen molar-refractivity contribution in [2.75, 3.05) is 0 Å². The van der Waals surface area contributed by atoms with Gasteiger partial charge in [-0.1, -0.05) is 30.3 Å². The Balaban J connectivity index is 1.90. The average molecular weight is 371 g/mol. The van der Waals surface area contributed by atoms with Gasteiger partial charge in [-0.3, -0.25) is 4.98 Å². The number of benzene rings is 2. The van der Waals surface area contributed by atoms with Crippen molar-refractivity contribution in [3.05, 3.63) is 90.4 Å². The van der Waals surface area contributed by atoms with Crippen molar-refractivity contribution >= 4 is 21.8 Å². The summed E-state index contributed by atoms with van der Waals surface area (Å²) in [6.45, 7) is 1.92. The van der Waals surface area contributed by atoms with Crippen LogP contribution in [0.3, 0.4) is 0 Å². The third-order valence-electron chi connectivity index (χ3n) is 4.96. The lowest BCUT2D eigenvalue weighted by atomic mass is 10.1. The van der Waals surface area contributed by atoms with Crippen LogP contribution in [0.25, 0.3) is 38.8 Å². The smallest absolute Gasteiger partial charge is 0.174 e. The van der Waals surface area contributed by atoms with Crippen LogP contribution in [0.15, 0.2) is 73.1 Å². The van der Waals surface area contributed by atoms with Gasteiger partial charge in [0.1, 0.15) is 11.5 Å². The Bertz CT molecular complexity index is 1360. The Morgan fingerprint density at radius 2 is 1.75 bits per heavy atom. The van der Waals surface area contributed by atoms with Crippen LogP contribution in [0.4, 0.5) is 8.78 Å². The zero-order valence-electron chi connectivity index (χ0n) is 15.0. The molecule has 3 aromatic heterocycles. The molecule has 5 heteroatoms. The van der Waals surface area contributed by atoms with E-state index in [-0.39, 0.29) is 5.69 Å². The van der Waals surface area contributed by atoms with E-state index in [4.69, 9.17) is 0 Å². The molecule has 3 nitrogen and oxygen atoms in total. The van der Waals surface area contributed by atoms with E-state index in [1.54, 1.807) is 18.3 Å². The molecular weight excluding hydrogens is 356 g/mol. The summed E-state index contributed by atoms with van der Waals surface area (Å²) in [4.78, 5) is 8.80. The number of aromatic nitrogens is 3. The van der Waals surface area contributed by atoms with Crippen LogP contribution in [0.1, 0.15) is 5.69 Å². The minimum Gasteiger partial charge on any atom is -0.313 e. The second-order valence-electron chi connectivity index (χ2n) is 6.67. The lowest BCUT2D eigenvalue weighted by Gasteiger charge is -2.14. The first-order valence-electron chi connectivity index (χ1n) is 8.91. The molecule has 5 rings (SSSR count). The molecule has 0 unspecified atom stereocenters. The second kappa shape index (κ2) is 6.23. The number of fused-ring (bicyclic) bond motifs is 2. The highest BCUT2D eigenvalue weighted by atomic mass is 19.1. The molecule has 0 amide bonds. The first-order chi connectivity index (χ1) is 13.6. The average Bonchev–Trinajstić information content (AvgIpc) is 3.13. The molecule has 0 spiro atoms. The Morgan fingerprint density at radius 3 is 2.61 bits per heavy atom. The van der Waals surface area contributed by atoms with Crippen molar-refractivity contribution in [3.8, 4) is 16.9 Å². The fourth-order valence-electron chi connectivity index (χ4n) is 3.64. The third kappa shape index (κ3) is 2.47. The molecule has 0 radical (unpaired) electrons. The van der Waals surface area contributed by atoms with Crippen molar-refractivity contribution in [2.45, 2.75) is 6.92 Å². The van der Waals surface area contributed by atoms with E-state index in [1.165, 1.54) is 12.1 Å². The van der Waals surface area contributed by atoms with E-state index in [2.05, 4.69) is 9.97 Å². The van der Waals surface area contributed by atoms with Crippen LogP contribution in [0.2, 0.25) is 0 Å². The summed E-state index contributed by atoms with van der Waals surface area (Å²) in [5.41, 5.74) is 3.30. The van der Waals surface area contributed by atoms with E-state index in [0.29, 0.717) is 22.2 Å². The number of rotatable bonds is 2. The van der Waals surface area contributed by atoms with Gasteiger partial charge in [-0.05, 0) is 37.3 Å². The molecule has 5 aromatic rings. The van der Waals surface area contributed by atoms with Gasteiger partial charge in [0, 0.05) is 34.4 Å². The molecule has 0 fully saturated rings. The molecule has 0 aliphatic heterocycles. The van der Waals surface area contributed by atoms with Gasteiger partial charge < -0.3 is 4.57 Å². The molecule has 0 saturated carbocycles. The van der Waals surface area contributed by atoms with Gasteiger partial charge in [-0.15, -0.1) is 0 Å². The third-order valence-corrected chi connectivity index (χ3v) is 4.96. The highest BCUT2D eigenvalue weighted by Gasteiger charge is 2.19. The number of aryl methyl sites for hydroxylation is 1. The van der Waals surface area contributed by atoms with Crippen LogP contribution < -0.4 is 0 Å². The second-order valence-corrected chi connectivity index (χ2v) is 6.67. The summed E-state index contributed by atoms with van der Waals surface area (Å²) in [7, 11) is 0. The van der Waals surface area contributed by atoms with E-state index in [0.717, 1.165) is 16.6 Å². The molecule has 0 bridgehead atoms. The zero-order chi connectivity index (χ0) is 19.3. The van der Waals surface area contributed by atoms with Crippen LogP contribution in [0, 0.1) is 18.6 Å². The molecule has 136 valence electrons. The number of pyridine rings is 2. The fourth-order valence-corrected chi connectivity index (χ4v) is 3.64. The van der Waals surface area contributed by atoms with Crippen molar-refractivity contribution in [1.29, 1.82) is 0 Å². The molecular formula is C23H15F2N3. The SMILES string of the molecule is Cc1nccc2c1ccn2-c1c(F)c(-c2cccc(F)c2)nc2ccccc12. The summed E-state index contributed by atoms with van der Waals surface area (Å²) in [5.74, 6) is -0.919. The number of halogens is 2. The Kier molecular flexibility index (Phi) is 3.69. The summed E-state index contributed by atoms with van der Waals surface area (Å²) in [6.07, 6.45) is 3.54. The van der Waals surface area contributed by atoms with E-state index in [9.17, 15) is 4.39 Å². The largest absolute Gasteiger partial charge is 0.313 e. The fraction of sp³-hybridized carbons (Fsp3) is 0.0435. The summed E-state index contributed by atoms with van der Waals surface area (Å²) in [6, 6.07) is 17.0. The summed E-state index contributed by atoms with van der Waals surface area (Å²) < 4.78 is 31.4. The van der Waals surface area contributed by atoms with E-state index in [1.807, 2.05) is 54.1 Å². The summed E-state index contributed by atoms with van der Waals surface area (Å²) >= 11 is 0. The quantitative estimate of drug-likeness (QED) is 0.391. The number of hydrogen-bond donors (Lipinski definition) is 0. The predicted octanol–water partition coefficient (Wildman–Crippen LogP) is 5.83. The molecule has 3 heterocycles. The molecule has 0 aliphatic carbocycles. The maximum atomic E-state index is 15.8. The minimum atomic E-state index is -0.490. The Morgan fingerprint density at radius 1 is 0.893 bits per heavy atom. The van der Waals surface area contributed by atoms with Gasteiger partial charge in [0.15, 0.2) is 5.82 Å². The van der Waals surface area contributed by atoms with Gasteiger partial charge in [0.05, 0.1) is 16.7 Å². The maximum Gasteiger partial charge on any atom is 0.174 e. The summed E-state index contributed by atoms with van der Waals surface area (Å²) in [5, 5.41) is 1.64. The standard InChI is InChI=1S/C23H15F2N3/c1-14-17-10-12-28(20(17)9-11-26-14)23-18-7-2-3-8-19(18)27-22(21(23)25)15-5-4-6-16(24)13-15/h2-13H,1H3. The Hall–Kier alpha value is -3.60. The molecule has 2 aromatic carbocycles. The molecule has 0 aliphatic rings. The molecule has 0 atom stereocenters. The number of hydrogen-bond acceptors (Lipinski definition) is 2. The highest BCUT2D eigenvalue weighted by Crippen LogP contribution is 2.34. The lowest BCUT2D eigenvalue weighted by Crippen LogP contribution is -2.03. The van der Waals surface area contributed by atoms with Gasteiger partial charge in [-0.25, -0.2) is 13.8 Å². The first-order valence-corrected chi connectivity index (χ1v) is 8.91. The lowest BCUT2D eigenvalue weighted by molar-refractivity contribution is 0.618. The first kappa shape index (κ1) is 16.6. The van der Waals surface area contributed by atoms with Gasteiger partial charge in [-0.2, -0.15) is 0 Å². The molecule has 0 saturated heterocycles. The van der Waals surface area contributed by atoms with E-state index >= 15 is 4.39 Å². The monoisotopic (exact) mass is 371 g/mol. The molecule has 0 N–H and O–H groups in total. The number of para-hydroxylation sites is 1. The predicted molar refractivity (Wildman–Crippen MR) is 106 cm³/mol. The van der Waals surface area contributed by atoms with Crippen LogP contribution in [-0.2, 0) is 0 Å². The van der Waals surface area contributed by atoms with Crippen LogP contribution >= 0.6 is 0 Å². The van der Waals surface area contributed by atoms with Gasteiger partial charge in [0.2, 0.25) is 0 Å². The topological polar surface area (TPSA) is 30.7 Å². The maximum absolute atomic E-state index is 15.8. The van der Waals surface area contributed by atoms with Crippen molar-refractivity contribution in [1.82, 2.24) is 14.5 Å².